The van der Waals surface area contributed by atoms with Gasteiger partial charge in [0.15, 0.2) is 0 Å². The van der Waals surface area contributed by atoms with Crippen molar-refractivity contribution in [3.63, 3.8) is 0 Å². The van der Waals surface area contributed by atoms with Gasteiger partial charge in [-0.05, 0) is 50.1 Å². The monoisotopic (exact) mass is 363 g/mol. The molecule has 0 aromatic heterocycles. The molecule has 2 atom stereocenters. The van der Waals surface area contributed by atoms with Crippen LogP contribution in [0.2, 0.25) is 0 Å². The van der Waals surface area contributed by atoms with Crippen molar-refractivity contribution in [1.82, 2.24) is 5.32 Å². The van der Waals surface area contributed by atoms with E-state index in [-0.39, 0.29) is 11.3 Å². The Labute approximate surface area is 159 Å². The van der Waals surface area contributed by atoms with Gasteiger partial charge in [0.05, 0.1) is 12.2 Å². The highest BCUT2D eigenvalue weighted by atomic mass is 16.5. The Balaban J connectivity index is 2.25. The molecule has 2 rings (SSSR count). The molecule has 1 aromatic carbocycles. The van der Waals surface area contributed by atoms with Crippen LogP contribution in [-0.2, 0) is 10.3 Å². The van der Waals surface area contributed by atoms with Gasteiger partial charge < -0.3 is 19.9 Å². The summed E-state index contributed by atoms with van der Waals surface area (Å²) in [7, 11) is 1.73. The Bertz CT molecular complexity index is 534. The summed E-state index contributed by atoms with van der Waals surface area (Å²) in [4.78, 5) is 0. The van der Waals surface area contributed by atoms with Gasteiger partial charge in [0.1, 0.15) is 5.75 Å². The number of nitrogens with one attached hydrogen (secondary N) is 1. The highest BCUT2D eigenvalue weighted by Crippen LogP contribution is 2.42. The highest BCUT2D eigenvalue weighted by molar-refractivity contribution is 5.39. The van der Waals surface area contributed by atoms with Crippen molar-refractivity contribution in [3.05, 3.63) is 29.8 Å². The largest absolute Gasteiger partial charge is 0.493 e. The summed E-state index contributed by atoms with van der Waals surface area (Å²) in [6.07, 6.45) is 4.79. The van der Waals surface area contributed by atoms with Gasteiger partial charge >= 0.3 is 0 Å². The first kappa shape index (κ1) is 21.2. The minimum absolute atomic E-state index is 0.0795. The van der Waals surface area contributed by atoms with Gasteiger partial charge in [-0.25, -0.2) is 0 Å². The average Bonchev–Trinajstić information content (AvgIpc) is 2.64. The summed E-state index contributed by atoms with van der Waals surface area (Å²) in [5.41, 5.74) is 0.154. The number of unbranched alkanes of at least 4 members (excludes halogenated alkanes) is 1. The quantitative estimate of drug-likeness (QED) is 0.648. The van der Waals surface area contributed by atoms with Crippen molar-refractivity contribution in [2.45, 2.75) is 58.5 Å². The van der Waals surface area contributed by atoms with Crippen LogP contribution in [0.15, 0.2) is 24.3 Å². The van der Waals surface area contributed by atoms with Crippen molar-refractivity contribution in [3.8, 4) is 5.75 Å². The first-order chi connectivity index (χ1) is 12.4. The van der Waals surface area contributed by atoms with Crippen molar-refractivity contribution in [2.24, 2.45) is 11.3 Å². The lowest BCUT2D eigenvalue weighted by atomic mass is 9.74. The molecule has 2 N–H and O–H groups in total. The first-order valence-electron chi connectivity index (χ1n) is 10.0. The fourth-order valence-corrected chi connectivity index (χ4v) is 3.70. The molecule has 0 unspecified atom stereocenters. The molecule has 0 amide bonds. The molecule has 1 aliphatic heterocycles. The van der Waals surface area contributed by atoms with Crippen LogP contribution in [0.5, 0.6) is 5.75 Å². The molecular formula is C22H37NO3. The molecule has 0 saturated carbocycles. The smallest absolute Gasteiger partial charge is 0.125 e. The molecular weight excluding hydrogens is 326 g/mol. The van der Waals surface area contributed by atoms with Crippen molar-refractivity contribution in [2.75, 3.05) is 33.4 Å². The maximum absolute atomic E-state index is 11.9. The summed E-state index contributed by atoms with van der Waals surface area (Å²) >= 11 is 0. The topological polar surface area (TPSA) is 50.7 Å². The van der Waals surface area contributed by atoms with Gasteiger partial charge in [0.25, 0.3) is 0 Å². The van der Waals surface area contributed by atoms with Crippen LogP contribution < -0.4 is 10.1 Å². The third-order valence-electron chi connectivity index (χ3n) is 5.14. The Morgan fingerprint density at radius 1 is 1.19 bits per heavy atom. The van der Waals surface area contributed by atoms with E-state index >= 15 is 0 Å². The summed E-state index contributed by atoms with van der Waals surface area (Å²) in [5.74, 6) is 1.03. The average molecular weight is 364 g/mol. The Kier molecular flexibility index (Phi) is 7.93. The number of piperidine rings is 1. The zero-order valence-corrected chi connectivity index (χ0v) is 17.0. The Morgan fingerprint density at radius 2 is 1.96 bits per heavy atom. The first-order valence-corrected chi connectivity index (χ1v) is 10.0. The van der Waals surface area contributed by atoms with Crippen LogP contribution in [0.4, 0.5) is 0 Å². The lowest BCUT2D eigenvalue weighted by molar-refractivity contribution is -0.0456. The number of hydrogen-bond acceptors (Lipinski definition) is 4. The summed E-state index contributed by atoms with van der Waals surface area (Å²) in [6, 6.07) is 8.04. The number of benzene rings is 1. The maximum atomic E-state index is 11.9. The van der Waals surface area contributed by atoms with E-state index in [9.17, 15) is 5.11 Å². The fraction of sp³-hybridized carbons (Fsp3) is 0.727. The lowest BCUT2D eigenvalue weighted by Crippen LogP contribution is -2.44. The Hall–Kier alpha value is -1.10. The molecule has 1 heterocycles. The predicted molar refractivity (Wildman–Crippen MR) is 107 cm³/mol. The van der Waals surface area contributed by atoms with E-state index in [2.05, 4.69) is 26.1 Å². The van der Waals surface area contributed by atoms with Gasteiger partial charge in [0.2, 0.25) is 0 Å². The zero-order valence-electron chi connectivity index (χ0n) is 17.0. The van der Waals surface area contributed by atoms with Crippen molar-refractivity contribution < 1.29 is 14.6 Å². The van der Waals surface area contributed by atoms with Crippen LogP contribution in [0.1, 0.15) is 58.4 Å². The zero-order chi connectivity index (χ0) is 19.0. The number of methoxy groups -OCH3 is 1. The van der Waals surface area contributed by atoms with E-state index in [0.29, 0.717) is 6.61 Å². The number of hydrogen-bond donors (Lipinski definition) is 2. The van der Waals surface area contributed by atoms with Gasteiger partial charge in [-0.3, -0.25) is 0 Å². The minimum Gasteiger partial charge on any atom is -0.493 e. The second-order valence-electron chi connectivity index (χ2n) is 8.76. The third-order valence-corrected chi connectivity index (χ3v) is 5.14. The number of para-hydroxylation sites is 1. The van der Waals surface area contributed by atoms with Crippen LogP contribution in [-0.4, -0.2) is 38.5 Å². The van der Waals surface area contributed by atoms with Crippen LogP contribution in [0, 0.1) is 11.3 Å². The van der Waals surface area contributed by atoms with E-state index in [0.717, 1.165) is 63.1 Å². The van der Waals surface area contributed by atoms with E-state index in [1.807, 2.05) is 24.3 Å². The number of ether oxygens (including phenoxy) is 2. The second-order valence-corrected chi connectivity index (χ2v) is 8.76. The molecule has 1 aromatic rings. The number of aliphatic hydroxyl groups is 1. The molecule has 148 valence electrons. The summed E-state index contributed by atoms with van der Waals surface area (Å²) in [6.45, 7) is 9.76. The number of rotatable bonds is 9. The molecule has 0 spiro atoms. The molecule has 0 bridgehead atoms. The van der Waals surface area contributed by atoms with Gasteiger partial charge in [0, 0.05) is 31.7 Å². The third kappa shape index (κ3) is 5.97. The van der Waals surface area contributed by atoms with Crippen LogP contribution >= 0.6 is 0 Å². The van der Waals surface area contributed by atoms with E-state index < -0.39 is 5.60 Å². The standard InChI is InChI=1S/C22H37NO3/c1-21(2,3)17-26-20-12-6-5-11-19(20)22(24,13-7-8-15-25-4)18-10-9-14-23-16-18/h5-6,11-12,18,23-24H,7-10,13-17H2,1-4H3/t18-,22+/m0/s1. The van der Waals surface area contributed by atoms with Gasteiger partial charge in [-0.2, -0.15) is 0 Å². The van der Waals surface area contributed by atoms with Gasteiger partial charge in [-0.15, -0.1) is 0 Å². The molecule has 0 radical (unpaired) electrons. The SMILES string of the molecule is COCCCC[C@](O)(c1ccccc1OCC(C)(C)C)[C@H]1CCCNC1. The fourth-order valence-electron chi connectivity index (χ4n) is 3.70. The normalized spacial score (nSPS) is 20.6. The molecule has 4 heteroatoms. The summed E-state index contributed by atoms with van der Waals surface area (Å²) < 4.78 is 11.3. The molecule has 1 saturated heterocycles. The van der Waals surface area contributed by atoms with E-state index in [1.54, 1.807) is 7.11 Å². The van der Waals surface area contributed by atoms with Gasteiger partial charge in [-0.1, -0.05) is 39.0 Å². The predicted octanol–water partition coefficient (Wildman–Crippen LogP) is 4.12. The summed E-state index contributed by atoms with van der Waals surface area (Å²) in [5, 5.41) is 15.3. The van der Waals surface area contributed by atoms with Crippen LogP contribution in [0.25, 0.3) is 0 Å². The molecule has 26 heavy (non-hydrogen) atoms. The van der Waals surface area contributed by atoms with E-state index in [1.165, 1.54) is 0 Å². The highest BCUT2D eigenvalue weighted by Gasteiger charge is 2.40. The molecule has 1 fully saturated rings. The van der Waals surface area contributed by atoms with Crippen molar-refractivity contribution >= 4 is 0 Å². The molecule has 4 nitrogen and oxygen atoms in total. The Morgan fingerprint density at radius 3 is 2.62 bits per heavy atom. The second kappa shape index (κ2) is 9.72. The molecule has 0 aliphatic carbocycles. The van der Waals surface area contributed by atoms with Crippen molar-refractivity contribution in [1.29, 1.82) is 0 Å². The molecule has 1 aliphatic rings. The maximum Gasteiger partial charge on any atom is 0.125 e. The lowest BCUT2D eigenvalue weighted by Gasteiger charge is -2.40. The van der Waals surface area contributed by atoms with E-state index in [4.69, 9.17) is 9.47 Å². The minimum atomic E-state index is -0.865. The van der Waals surface area contributed by atoms with Crippen LogP contribution in [0.3, 0.4) is 0 Å².